The van der Waals surface area contributed by atoms with E-state index >= 15 is 0 Å². The molecule has 1 aliphatic heterocycles. The summed E-state index contributed by atoms with van der Waals surface area (Å²) >= 11 is 0. The molecular formula is C27H28N2. The van der Waals surface area contributed by atoms with Crippen molar-refractivity contribution >= 4 is 0 Å². The lowest BCUT2D eigenvalue weighted by molar-refractivity contribution is 0.165. The molecule has 0 spiro atoms. The van der Waals surface area contributed by atoms with E-state index in [0.717, 1.165) is 50.0 Å². The highest BCUT2D eigenvalue weighted by Crippen LogP contribution is 2.40. The third-order valence-electron chi connectivity index (χ3n) is 6.28. The summed E-state index contributed by atoms with van der Waals surface area (Å²) in [7, 11) is 0. The molecule has 2 heteroatoms. The van der Waals surface area contributed by atoms with E-state index in [1.807, 2.05) is 36.4 Å². The molecule has 1 aliphatic rings. The van der Waals surface area contributed by atoms with Crippen LogP contribution in [0.4, 0.5) is 0 Å². The first-order valence-corrected chi connectivity index (χ1v) is 10.6. The molecule has 0 saturated carbocycles. The van der Waals surface area contributed by atoms with Gasteiger partial charge >= 0.3 is 0 Å². The zero-order valence-electron chi connectivity index (χ0n) is 16.9. The van der Waals surface area contributed by atoms with Crippen molar-refractivity contribution in [3.63, 3.8) is 0 Å². The van der Waals surface area contributed by atoms with Crippen molar-refractivity contribution < 1.29 is 0 Å². The second kappa shape index (κ2) is 9.07. The van der Waals surface area contributed by atoms with Gasteiger partial charge in [-0.15, -0.1) is 0 Å². The summed E-state index contributed by atoms with van der Waals surface area (Å²) in [5.41, 5.74) is 3.03. The van der Waals surface area contributed by atoms with Crippen LogP contribution in [-0.2, 0) is 12.0 Å². The summed E-state index contributed by atoms with van der Waals surface area (Å²) in [5.74, 6) is 0.557. The van der Waals surface area contributed by atoms with Crippen LogP contribution in [-0.4, -0.2) is 18.0 Å². The SMILES string of the molecule is N#CC(CC1CCN(Cc2ccccc2)CC1)(c1ccccc1)c1ccccc1. The fourth-order valence-electron chi connectivity index (χ4n) is 4.65. The lowest BCUT2D eigenvalue weighted by Crippen LogP contribution is -2.37. The quantitative estimate of drug-likeness (QED) is 0.540. The molecule has 0 atom stereocenters. The van der Waals surface area contributed by atoms with E-state index in [0.29, 0.717) is 5.92 Å². The molecule has 1 heterocycles. The van der Waals surface area contributed by atoms with Gasteiger partial charge in [0.1, 0.15) is 5.41 Å². The van der Waals surface area contributed by atoms with Crippen LogP contribution in [0, 0.1) is 17.2 Å². The van der Waals surface area contributed by atoms with Crippen molar-refractivity contribution in [2.24, 2.45) is 5.92 Å². The summed E-state index contributed by atoms with van der Waals surface area (Å²) < 4.78 is 0. The average Bonchev–Trinajstić information content (AvgIpc) is 2.80. The molecule has 0 aliphatic carbocycles. The molecule has 146 valence electrons. The fraction of sp³-hybridized carbons (Fsp3) is 0.296. The molecule has 0 bridgehead atoms. The average molecular weight is 381 g/mol. The maximum Gasteiger partial charge on any atom is 0.107 e. The summed E-state index contributed by atoms with van der Waals surface area (Å²) in [6.07, 6.45) is 3.18. The molecule has 2 nitrogen and oxygen atoms in total. The Morgan fingerprint density at radius 3 is 1.72 bits per heavy atom. The van der Waals surface area contributed by atoms with Crippen molar-refractivity contribution in [1.29, 1.82) is 5.26 Å². The van der Waals surface area contributed by atoms with Gasteiger partial charge < -0.3 is 0 Å². The third kappa shape index (κ3) is 4.42. The van der Waals surface area contributed by atoms with Crippen LogP contribution >= 0.6 is 0 Å². The van der Waals surface area contributed by atoms with Gasteiger partial charge in [0.15, 0.2) is 0 Å². The smallest absolute Gasteiger partial charge is 0.107 e. The number of hydrogen-bond acceptors (Lipinski definition) is 2. The lowest BCUT2D eigenvalue weighted by atomic mass is 9.68. The largest absolute Gasteiger partial charge is 0.299 e. The number of piperidine rings is 1. The number of benzene rings is 3. The highest BCUT2D eigenvalue weighted by molar-refractivity contribution is 5.45. The van der Waals surface area contributed by atoms with Crippen molar-refractivity contribution in [3.05, 3.63) is 108 Å². The lowest BCUT2D eigenvalue weighted by Gasteiger charge is -2.37. The van der Waals surface area contributed by atoms with E-state index in [-0.39, 0.29) is 0 Å². The summed E-state index contributed by atoms with van der Waals surface area (Å²) in [6, 6.07) is 34.1. The third-order valence-corrected chi connectivity index (χ3v) is 6.28. The van der Waals surface area contributed by atoms with Gasteiger partial charge in [0, 0.05) is 6.54 Å². The minimum Gasteiger partial charge on any atom is -0.299 e. The van der Waals surface area contributed by atoms with E-state index in [1.165, 1.54) is 5.56 Å². The number of rotatable bonds is 6. The highest BCUT2D eigenvalue weighted by Gasteiger charge is 2.37. The molecule has 1 saturated heterocycles. The minimum absolute atomic E-state index is 0.557. The van der Waals surface area contributed by atoms with Gasteiger partial charge in [-0.2, -0.15) is 5.26 Å². The molecule has 3 aromatic carbocycles. The van der Waals surface area contributed by atoms with Crippen LogP contribution in [0.3, 0.4) is 0 Å². The Morgan fingerprint density at radius 2 is 1.24 bits per heavy atom. The number of hydrogen-bond donors (Lipinski definition) is 0. The van der Waals surface area contributed by atoms with Crippen molar-refractivity contribution in [3.8, 4) is 6.07 Å². The Kier molecular flexibility index (Phi) is 6.08. The first-order valence-electron chi connectivity index (χ1n) is 10.6. The molecule has 1 fully saturated rings. The second-order valence-corrected chi connectivity index (χ2v) is 8.16. The monoisotopic (exact) mass is 380 g/mol. The molecule has 4 rings (SSSR count). The van der Waals surface area contributed by atoms with Crippen LogP contribution in [0.25, 0.3) is 0 Å². The molecule has 0 N–H and O–H groups in total. The predicted octanol–water partition coefficient (Wildman–Crippen LogP) is 5.80. The van der Waals surface area contributed by atoms with Crippen molar-refractivity contribution in [1.82, 2.24) is 4.90 Å². The van der Waals surface area contributed by atoms with Gasteiger partial charge in [-0.1, -0.05) is 91.0 Å². The molecule has 29 heavy (non-hydrogen) atoms. The maximum atomic E-state index is 10.4. The van der Waals surface area contributed by atoms with Crippen molar-refractivity contribution in [2.45, 2.75) is 31.2 Å². The Balaban J connectivity index is 1.50. The van der Waals surface area contributed by atoms with Crippen LogP contribution in [0.2, 0.25) is 0 Å². The van der Waals surface area contributed by atoms with Crippen LogP contribution < -0.4 is 0 Å². The molecule has 0 unspecified atom stereocenters. The van der Waals surface area contributed by atoms with E-state index in [2.05, 4.69) is 65.6 Å². The van der Waals surface area contributed by atoms with Crippen LogP contribution in [0.5, 0.6) is 0 Å². The Labute approximate surface area is 174 Å². The number of nitrogens with zero attached hydrogens (tertiary/aromatic N) is 2. The fourth-order valence-corrected chi connectivity index (χ4v) is 4.65. The summed E-state index contributed by atoms with van der Waals surface area (Å²) in [6.45, 7) is 3.23. The zero-order chi connectivity index (χ0) is 19.9. The van der Waals surface area contributed by atoms with Gasteiger partial charge in [0.05, 0.1) is 6.07 Å². The van der Waals surface area contributed by atoms with Gasteiger partial charge in [-0.3, -0.25) is 4.90 Å². The second-order valence-electron chi connectivity index (χ2n) is 8.16. The van der Waals surface area contributed by atoms with E-state index < -0.39 is 5.41 Å². The maximum absolute atomic E-state index is 10.4. The van der Waals surface area contributed by atoms with Crippen LogP contribution in [0.15, 0.2) is 91.0 Å². The van der Waals surface area contributed by atoms with Gasteiger partial charge in [-0.25, -0.2) is 0 Å². The minimum atomic E-state index is -0.575. The molecule has 0 amide bonds. The van der Waals surface area contributed by atoms with Gasteiger partial charge in [0.25, 0.3) is 0 Å². The Morgan fingerprint density at radius 1 is 0.759 bits per heavy atom. The molecule has 0 radical (unpaired) electrons. The normalized spacial score (nSPS) is 15.7. The topological polar surface area (TPSA) is 27.0 Å². The van der Waals surface area contributed by atoms with Crippen molar-refractivity contribution in [2.75, 3.05) is 13.1 Å². The van der Waals surface area contributed by atoms with E-state index in [9.17, 15) is 5.26 Å². The number of nitriles is 1. The van der Waals surface area contributed by atoms with Gasteiger partial charge in [0.2, 0.25) is 0 Å². The van der Waals surface area contributed by atoms with E-state index in [1.54, 1.807) is 0 Å². The number of likely N-dealkylation sites (tertiary alicyclic amines) is 1. The summed E-state index contributed by atoms with van der Waals surface area (Å²) in [4.78, 5) is 2.55. The molecule has 0 aromatic heterocycles. The molecular weight excluding hydrogens is 352 g/mol. The highest BCUT2D eigenvalue weighted by atomic mass is 15.1. The van der Waals surface area contributed by atoms with E-state index in [4.69, 9.17) is 0 Å². The first-order chi connectivity index (χ1) is 14.3. The molecule has 3 aromatic rings. The van der Waals surface area contributed by atoms with Crippen LogP contribution in [0.1, 0.15) is 36.0 Å². The Bertz CT molecular complexity index is 881. The summed E-state index contributed by atoms with van der Waals surface area (Å²) in [5, 5.41) is 10.4. The zero-order valence-corrected chi connectivity index (χ0v) is 16.9. The standard InChI is InChI=1S/C27H28N2/c28-22-27(25-12-6-2-7-13-25,26-14-8-3-9-15-26)20-23-16-18-29(19-17-23)21-24-10-4-1-5-11-24/h1-15,23H,16-21H2. The predicted molar refractivity (Wildman–Crippen MR) is 118 cm³/mol. The van der Waals surface area contributed by atoms with Gasteiger partial charge in [-0.05, 0) is 55.0 Å². The Hall–Kier alpha value is -2.89. The first kappa shape index (κ1) is 19.4.